The highest BCUT2D eigenvalue weighted by Crippen LogP contribution is 2.66. The first-order valence-corrected chi connectivity index (χ1v) is 15.7. The van der Waals surface area contributed by atoms with Crippen molar-refractivity contribution >= 4 is 34.5 Å². The molecule has 0 spiro atoms. The molecular weight excluding hydrogens is 435 g/mol. The summed E-state index contributed by atoms with van der Waals surface area (Å²) in [5, 5.41) is 3.83. The van der Waals surface area contributed by atoms with E-state index in [0.29, 0.717) is 11.5 Å². The van der Waals surface area contributed by atoms with Crippen molar-refractivity contribution in [3.05, 3.63) is 0 Å². The van der Waals surface area contributed by atoms with Gasteiger partial charge in [-0.2, -0.15) is 0 Å². The van der Waals surface area contributed by atoms with Gasteiger partial charge in [-0.1, -0.05) is 46.5 Å². The molecule has 0 amide bonds. The fraction of sp³-hybridized carbons (Fsp3) is 0.952. The van der Waals surface area contributed by atoms with E-state index in [9.17, 15) is 8.42 Å². The van der Waals surface area contributed by atoms with Crippen molar-refractivity contribution in [1.29, 1.82) is 0 Å². The third-order valence-electron chi connectivity index (χ3n) is 6.64. The van der Waals surface area contributed by atoms with Gasteiger partial charge in [0, 0.05) is 37.4 Å². The van der Waals surface area contributed by atoms with Crippen LogP contribution >= 0.6 is 19.6 Å². The van der Waals surface area contributed by atoms with Gasteiger partial charge in [-0.15, -0.1) is 0 Å². The van der Waals surface area contributed by atoms with Gasteiger partial charge in [-0.05, 0) is 44.3 Å². The van der Waals surface area contributed by atoms with Crippen LogP contribution in [0.5, 0.6) is 0 Å². The number of thiocarbonyl (C=S) groups is 1. The minimum absolute atomic E-state index is 0.0187. The molecule has 0 aromatic carbocycles. The number of nitrogens with one attached hydrogen (secondary N) is 1. The van der Waals surface area contributed by atoms with Crippen LogP contribution in [0.2, 0.25) is 0 Å². The summed E-state index contributed by atoms with van der Waals surface area (Å²) in [6.07, 6.45) is 10.7. The molecule has 0 aromatic rings. The second-order valence-corrected chi connectivity index (χ2v) is 16.5. The van der Waals surface area contributed by atoms with Gasteiger partial charge in [-0.3, -0.25) is 9.34 Å². The molecule has 3 aliphatic heterocycles. The molecule has 0 saturated carbocycles. The number of hydrogen-bond donors (Lipinski definition) is 1. The van der Waals surface area contributed by atoms with E-state index in [1.54, 1.807) is 0 Å². The standard InChI is InChI=1S/C21H41N4O2PS2/c1-21(2,3)28(24-13-8-4-5-9-14-24,25-15-10-6-7-11-16-25)23-20(29)22-19-12-17-30(26,27)18-19/h19H,4-18H2,1-3H3,(H,22,29)/t19-/m0/s1. The largest absolute Gasteiger partial charge is 0.357 e. The lowest BCUT2D eigenvalue weighted by Crippen LogP contribution is -2.43. The van der Waals surface area contributed by atoms with Gasteiger partial charge in [0.15, 0.2) is 14.9 Å². The molecule has 1 N–H and O–H groups in total. The molecule has 3 saturated heterocycles. The van der Waals surface area contributed by atoms with Crippen molar-refractivity contribution in [2.45, 2.75) is 89.8 Å². The van der Waals surface area contributed by atoms with Crippen LogP contribution in [0.3, 0.4) is 0 Å². The van der Waals surface area contributed by atoms with E-state index in [1.807, 2.05) is 0 Å². The number of nitrogens with zero attached hydrogens (tertiary/aromatic N) is 3. The molecular formula is C21H41N4O2PS2. The molecule has 3 rings (SSSR count). The summed E-state index contributed by atoms with van der Waals surface area (Å²) in [6.45, 7) is 11.4. The minimum Gasteiger partial charge on any atom is -0.357 e. The van der Waals surface area contributed by atoms with Crippen LogP contribution < -0.4 is 5.32 Å². The Morgan fingerprint density at radius 1 is 0.933 bits per heavy atom. The fourth-order valence-corrected chi connectivity index (χ4v) is 12.0. The van der Waals surface area contributed by atoms with Crippen molar-refractivity contribution in [3.8, 4) is 0 Å². The number of hydrogen-bond acceptors (Lipinski definition) is 3. The number of rotatable bonds is 3. The van der Waals surface area contributed by atoms with Crippen LogP contribution in [-0.2, 0) is 9.84 Å². The summed E-state index contributed by atoms with van der Waals surface area (Å²) in [7, 11) is -5.03. The highest BCUT2D eigenvalue weighted by molar-refractivity contribution is 7.91. The Hall–Kier alpha value is -0.0100. The average Bonchev–Trinajstić information content (AvgIpc) is 2.92. The normalized spacial score (nSPS) is 27.2. The maximum absolute atomic E-state index is 11.9. The smallest absolute Gasteiger partial charge is 0.194 e. The van der Waals surface area contributed by atoms with E-state index in [1.165, 1.54) is 51.4 Å². The van der Waals surface area contributed by atoms with E-state index in [4.69, 9.17) is 17.0 Å². The van der Waals surface area contributed by atoms with Crippen LogP contribution in [0.15, 0.2) is 4.74 Å². The molecule has 9 heteroatoms. The Morgan fingerprint density at radius 3 is 1.77 bits per heavy atom. The van der Waals surface area contributed by atoms with Gasteiger partial charge in [0.25, 0.3) is 0 Å². The van der Waals surface area contributed by atoms with Crippen LogP contribution in [-0.4, -0.2) is 71.8 Å². The van der Waals surface area contributed by atoms with Crippen LogP contribution in [0.25, 0.3) is 0 Å². The van der Waals surface area contributed by atoms with Gasteiger partial charge in [0.2, 0.25) is 0 Å². The van der Waals surface area contributed by atoms with Crippen molar-refractivity contribution < 1.29 is 8.42 Å². The highest BCUT2D eigenvalue weighted by Gasteiger charge is 2.45. The second-order valence-electron chi connectivity index (χ2n) is 10.1. The lowest BCUT2D eigenvalue weighted by Gasteiger charge is -2.51. The molecule has 1 atom stereocenters. The molecule has 0 aromatic heterocycles. The molecule has 174 valence electrons. The third kappa shape index (κ3) is 5.86. The zero-order valence-corrected chi connectivity index (χ0v) is 21.6. The number of sulfone groups is 1. The summed E-state index contributed by atoms with van der Waals surface area (Å²) in [6, 6.07) is -0.0959. The molecule has 3 heterocycles. The molecule has 0 unspecified atom stereocenters. The quantitative estimate of drug-likeness (QED) is 0.473. The van der Waals surface area contributed by atoms with Crippen molar-refractivity contribution in [1.82, 2.24) is 14.7 Å². The summed E-state index contributed by atoms with van der Waals surface area (Å²) < 4.78 is 34.6. The van der Waals surface area contributed by atoms with Gasteiger partial charge in [0.05, 0.1) is 11.5 Å². The molecule has 30 heavy (non-hydrogen) atoms. The average molecular weight is 477 g/mol. The topological polar surface area (TPSA) is 65.0 Å². The predicted molar refractivity (Wildman–Crippen MR) is 132 cm³/mol. The molecule has 0 aliphatic carbocycles. The molecule has 6 nitrogen and oxygen atoms in total. The zero-order valence-electron chi connectivity index (χ0n) is 19.1. The first kappa shape index (κ1) is 24.6. The van der Waals surface area contributed by atoms with Crippen molar-refractivity contribution in [3.63, 3.8) is 0 Å². The fourth-order valence-electron chi connectivity index (χ4n) is 5.21. The van der Waals surface area contributed by atoms with Crippen LogP contribution in [0, 0.1) is 0 Å². The first-order valence-electron chi connectivity index (χ1n) is 11.8. The second kappa shape index (κ2) is 10.3. The van der Waals surface area contributed by atoms with E-state index in [0.717, 1.165) is 26.2 Å². The lowest BCUT2D eigenvalue weighted by atomic mass is 10.2. The Balaban J connectivity index is 1.99. The van der Waals surface area contributed by atoms with E-state index < -0.39 is 17.2 Å². The predicted octanol–water partition coefficient (Wildman–Crippen LogP) is 4.63. The molecule has 0 bridgehead atoms. The Bertz CT molecular complexity index is 723. The zero-order chi connectivity index (χ0) is 21.8. The van der Waals surface area contributed by atoms with Gasteiger partial charge in [-0.25, -0.2) is 13.2 Å². The van der Waals surface area contributed by atoms with Crippen LogP contribution in [0.1, 0.15) is 78.6 Å². The van der Waals surface area contributed by atoms with Crippen molar-refractivity contribution in [2.75, 3.05) is 37.7 Å². The van der Waals surface area contributed by atoms with E-state index in [-0.39, 0.29) is 22.7 Å². The van der Waals surface area contributed by atoms with Gasteiger partial charge in [0.1, 0.15) is 7.36 Å². The Morgan fingerprint density at radius 2 is 1.40 bits per heavy atom. The van der Waals surface area contributed by atoms with Crippen molar-refractivity contribution in [2.24, 2.45) is 4.74 Å². The first-order chi connectivity index (χ1) is 14.1. The summed E-state index contributed by atoms with van der Waals surface area (Å²) >= 11 is 5.79. The molecule has 3 aliphatic rings. The molecule has 0 radical (unpaired) electrons. The Kier molecular flexibility index (Phi) is 8.44. The summed E-state index contributed by atoms with van der Waals surface area (Å²) in [4.78, 5) is 0. The van der Waals surface area contributed by atoms with Gasteiger partial charge >= 0.3 is 0 Å². The summed E-state index contributed by atoms with van der Waals surface area (Å²) in [5.41, 5.74) is 0. The third-order valence-corrected chi connectivity index (χ3v) is 13.4. The maximum atomic E-state index is 11.9. The van der Waals surface area contributed by atoms with Gasteiger partial charge < -0.3 is 5.32 Å². The monoisotopic (exact) mass is 476 g/mol. The lowest BCUT2D eigenvalue weighted by molar-refractivity contribution is 0.368. The maximum Gasteiger partial charge on any atom is 0.194 e. The SMILES string of the molecule is CC(C)(C)P(=NC(=S)N[C@H]1CCS(=O)(=O)C1)(N1CCCCCC1)N1CCCCCC1. The molecule has 3 fully saturated rings. The Labute approximate surface area is 189 Å². The van der Waals surface area contributed by atoms with E-state index in [2.05, 4.69) is 35.4 Å². The minimum atomic E-state index is -2.94. The highest BCUT2D eigenvalue weighted by atomic mass is 32.2. The van der Waals surface area contributed by atoms with E-state index >= 15 is 0 Å². The summed E-state index contributed by atoms with van der Waals surface area (Å²) in [5.74, 6) is 0.433. The van der Waals surface area contributed by atoms with Crippen LogP contribution in [0.4, 0.5) is 0 Å².